The average molecular weight is 241 g/mol. The zero-order chi connectivity index (χ0) is 12.4. The normalized spacial score (nSPS) is 15.6. The van der Waals surface area contributed by atoms with Gasteiger partial charge in [-0.1, -0.05) is 18.2 Å². The van der Waals surface area contributed by atoms with Gasteiger partial charge in [-0.25, -0.2) is 0 Å². The van der Waals surface area contributed by atoms with Crippen LogP contribution in [-0.4, -0.2) is 10.2 Å². The van der Waals surface area contributed by atoms with Crippen molar-refractivity contribution in [2.24, 2.45) is 0 Å². The van der Waals surface area contributed by atoms with Crippen LogP contribution in [0.3, 0.4) is 0 Å². The topological polar surface area (TPSA) is 40.7 Å². The van der Waals surface area contributed by atoms with E-state index in [2.05, 4.69) is 40.6 Å². The lowest BCUT2D eigenvalue weighted by molar-refractivity contribution is 0.574. The number of rotatable bonds is 4. The number of aryl methyl sites for hydroxylation is 2. The Morgan fingerprint density at radius 2 is 2.22 bits per heavy atom. The molecule has 2 N–H and O–H groups in total. The summed E-state index contributed by atoms with van der Waals surface area (Å²) in [5.74, 6) is 0. The van der Waals surface area contributed by atoms with E-state index in [1.54, 1.807) is 11.1 Å². The summed E-state index contributed by atoms with van der Waals surface area (Å²) in [5, 5.41) is 10.3. The van der Waals surface area contributed by atoms with Crippen LogP contribution in [-0.2, 0) is 19.4 Å². The molecule has 0 spiro atoms. The minimum atomic E-state index is 0.380. The lowest BCUT2D eigenvalue weighted by Gasteiger charge is -2.15. The quantitative estimate of drug-likeness (QED) is 0.864. The predicted molar refractivity (Wildman–Crippen MR) is 72.3 cm³/mol. The van der Waals surface area contributed by atoms with Gasteiger partial charge in [0.2, 0.25) is 0 Å². The fourth-order valence-corrected chi connectivity index (χ4v) is 2.62. The lowest BCUT2D eigenvalue weighted by Crippen LogP contribution is -2.17. The number of nitrogens with one attached hydrogen (secondary N) is 2. The molecule has 94 valence electrons. The zero-order valence-electron chi connectivity index (χ0n) is 10.7. The molecule has 1 aromatic heterocycles. The molecule has 1 heterocycles. The second-order valence-electron chi connectivity index (χ2n) is 5.09. The van der Waals surface area contributed by atoms with Gasteiger partial charge in [0.15, 0.2) is 0 Å². The minimum absolute atomic E-state index is 0.380. The van der Waals surface area contributed by atoms with Gasteiger partial charge >= 0.3 is 0 Å². The maximum Gasteiger partial charge on any atom is 0.0532 e. The van der Waals surface area contributed by atoms with E-state index in [0.29, 0.717) is 6.04 Å². The van der Waals surface area contributed by atoms with Crippen molar-refractivity contribution in [3.63, 3.8) is 0 Å². The highest BCUT2D eigenvalue weighted by molar-refractivity contribution is 5.36. The molecular formula is C15H19N3. The summed E-state index contributed by atoms with van der Waals surface area (Å²) in [6.45, 7) is 3.07. The van der Waals surface area contributed by atoms with Crippen molar-refractivity contribution in [3.8, 4) is 0 Å². The molecule has 1 unspecified atom stereocenters. The smallest absolute Gasteiger partial charge is 0.0532 e. The highest BCUT2D eigenvalue weighted by Crippen LogP contribution is 2.25. The van der Waals surface area contributed by atoms with E-state index in [1.807, 2.05) is 12.4 Å². The van der Waals surface area contributed by atoms with Gasteiger partial charge in [0, 0.05) is 24.3 Å². The van der Waals surface area contributed by atoms with E-state index in [9.17, 15) is 0 Å². The van der Waals surface area contributed by atoms with Crippen LogP contribution in [0.5, 0.6) is 0 Å². The second kappa shape index (κ2) is 4.94. The summed E-state index contributed by atoms with van der Waals surface area (Å²) in [6.07, 6.45) is 7.62. The molecule has 3 nitrogen and oxygen atoms in total. The molecule has 0 fully saturated rings. The van der Waals surface area contributed by atoms with E-state index in [-0.39, 0.29) is 0 Å². The molecule has 0 radical (unpaired) electrons. The summed E-state index contributed by atoms with van der Waals surface area (Å²) in [5.41, 5.74) is 5.67. The highest BCUT2D eigenvalue weighted by atomic mass is 15.1. The van der Waals surface area contributed by atoms with Gasteiger partial charge < -0.3 is 5.32 Å². The zero-order valence-corrected chi connectivity index (χ0v) is 10.7. The third-order valence-corrected chi connectivity index (χ3v) is 3.79. The molecule has 1 aliphatic carbocycles. The van der Waals surface area contributed by atoms with Gasteiger partial charge in [-0.2, -0.15) is 5.10 Å². The van der Waals surface area contributed by atoms with Gasteiger partial charge in [-0.05, 0) is 42.9 Å². The van der Waals surface area contributed by atoms with E-state index >= 15 is 0 Å². The van der Waals surface area contributed by atoms with E-state index in [0.717, 1.165) is 6.54 Å². The van der Waals surface area contributed by atoms with Crippen LogP contribution < -0.4 is 5.32 Å². The average Bonchev–Trinajstić information content (AvgIpc) is 3.05. The van der Waals surface area contributed by atoms with Crippen LogP contribution in [0, 0.1) is 0 Å². The maximum atomic E-state index is 3.96. The molecule has 1 aliphatic rings. The Morgan fingerprint density at radius 3 is 3.06 bits per heavy atom. The van der Waals surface area contributed by atoms with Crippen molar-refractivity contribution < 1.29 is 0 Å². The molecule has 18 heavy (non-hydrogen) atoms. The monoisotopic (exact) mass is 241 g/mol. The van der Waals surface area contributed by atoms with Crippen LogP contribution in [0.25, 0.3) is 0 Å². The number of H-pyrrole nitrogens is 1. The summed E-state index contributed by atoms with van der Waals surface area (Å²) in [6, 6.07) is 7.31. The molecule has 0 amide bonds. The fourth-order valence-electron chi connectivity index (χ4n) is 2.62. The van der Waals surface area contributed by atoms with Gasteiger partial charge in [-0.15, -0.1) is 0 Å². The molecule has 2 aromatic rings. The first-order valence-corrected chi connectivity index (χ1v) is 6.65. The maximum absolute atomic E-state index is 3.96. The number of fused-ring (bicyclic) bond motifs is 1. The number of benzene rings is 1. The van der Waals surface area contributed by atoms with Crippen LogP contribution in [0.15, 0.2) is 30.6 Å². The Hall–Kier alpha value is -1.61. The van der Waals surface area contributed by atoms with Crippen molar-refractivity contribution in [3.05, 3.63) is 52.8 Å². The third-order valence-electron chi connectivity index (χ3n) is 3.79. The largest absolute Gasteiger partial charge is 0.306 e. The summed E-state index contributed by atoms with van der Waals surface area (Å²) in [7, 11) is 0. The van der Waals surface area contributed by atoms with Crippen molar-refractivity contribution in [2.75, 3.05) is 0 Å². The molecule has 1 atom stereocenters. The van der Waals surface area contributed by atoms with E-state index < -0.39 is 0 Å². The molecule has 0 aliphatic heterocycles. The van der Waals surface area contributed by atoms with Gasteiger partial charge in [-0.3, -0.25) is 5.10 Å². The standard InChI is InChI=1S/C15H19N3/c1-11(16-8-12-9-17-18-10-12)14-6-5-13-3-2-4-15(13)7-14/h5-7,9-11,16H,2-4,8H2,1H3,(H,17,18). The predicted octanol–water partition coefficient (Wildman–Crippen LogP) is 2.75. The number of aromatic amines is 1. The number of nitrogens with zero attached hydrogens (tertiary/aromatic N) is 1. The number of aromatic nitrogens is 2. The first kappa shape index (κ1) is 11.5. The van der Waals surface area contributed by atoms with Gasteiger partial charge in [0.25, 0.3) is 0 Å². The molecule has 3 rings (SSSR count). The molecule has 3 heteroatoms. The van der Waals surface area contributed by atoms with Crippen molar-refractivity contribution >= 4 is 0 Å². The van der Waals surface area contributed by atoms with Crippen LogP contribution >= 0.6 is 0 Å². The Morgan fingerprint density at radius 1 is 1.33 bits per heavy atom. The highest BCUT2D eigenvalue weighted by Gasteiger charge is 2.13. The Kier molecular flexibility index (Phi) is 3.15. The Balaban J connectivity index is 1.67. The van der Waals surface area contributed by atoms with Crippen molar-refractivity contribution in [1.29, 1.82) is 0 Å². The summed E-state index contributed by atoms with van der Waals surface area (Å²) < 4.78 is 0. The first-order valence-electron chi connectivity index (χ1n) is 6.65. The lowest BCUT2D eigenvalue weighted by atomic mass is 10.0. The first-order chi connectivity index (χ1) is 8.83. The molecule has 0 saturated carbocycles. The molecule has 1 aromatic carbocycles. The van der Waals surface area contributed by atoms with Crippen molar-refractivity contribution in [2.45, 2.75) is 38.8 Å². The van der Waals surface area contributed by atoms with Crippen molar-refractivity contribution in [1.82, 2.24) is 15.5 Å². The van der Waals surface area contributed by atoms with Gasteiger partial charge in [0.1, 0.15) is 0 Å². The minimum Gasteiger partial charge on any atom is -0.306 e. The number of hydrogen-bond acceptors (Lipinski definition) is 2. The van der Waals surface area contributed by atoms with E-state index in [1.165, 1.54) is 30.4 Å². The third kappa shape index (κ3) is 2.31. The molecule has 0 bridgehead atoms. The molecule has 0 saturated heterocycles. The van der Waals surface area contributed by atoms with Gasteiger partial charge in [0.05, 0.1) is 6.20 Å². The fraction of sp³-hybridized carbons (Fsp3) is 0.400. The summed E-state index contributed by atoms with van der Waals surface area (Å²) in [4.78, 5) is 0. The Bertz CT molecular complexity index is 517. The number of hydrogen-bond donors (Lipinski definition) is 2. The Labute approximate surface area is 108 Å². The molecular weight excluding hydrogens is 222 g/mol. The van der Waals surface area contributed by atoms with Crippen LogP contribution in [0.2, 0.25) is 0 Å². The van der Waals surface area contributed by atoms with Crippen LogP contribution in [0.1, 0.15) is 41.6 Å². The SMILES string of the molecule is CC(NCc1cn[nH]c1)c1ccc2c(c1)CCC2. The summed E-state index contributed by atoms with van der Waals surface area (Å²) >= 11 is 0. The second-order valence-corrected chi connectivity index (χ2v) is 5.09. The van der Waals surface area contributed by atoms with E-state index in [4.69, 9.17) is 0 Å². The van der Waals surface area contributed by atoms with Crippen LogP contribution in [0.4, 0.5) is 0 Å².